The van der Waals surface area contributed by atoms with Crippen LogP contribution in [-0.2, 0) is 17.9 Å². The van der Waals surface area contributed by atoms with Crippen LogP contribution < -0.4 is 16.1 Å². The number of fused-ring (bicyclic) bond motifs is 1. The van der Waals surface area contributed by atoms with E-state index in [1.54, 1.807) is 12.3 Å². The normalized spacial score (nSPS) is 14.6. The number of aryl methyl sites for hydroxylation is 1. The summed E-state index contributed by atoms with van der Waals surface area (Å²) in [6, 6.07) is 3.29. The van der Waals surface area contributed by atoms with Crippen LogP contribution >= 0.6 is 12.4 Å². The van der Waals surface area contributed by atoms with E-state index in [9.17, 15) is 14.0 Å². The third kappa shape index (κ3) is 5.02. The first-order valence-electron chi connectivity index (χ1n) is 9.54. The van der Waals surface area contributed by atoms with E-state index in [1.165, 1.54) is 12.5 Å². The fourth-order valence-corrected chi connectivity index (χ4v) is 3.74. The standard InChI is InChI=1S/C20H26FN3O3.ClH/c1-2-24-12-13(10-22-11-19(25)26)20(27)15-8-16(21)17(9-18(15)24)23-14-6-4-3-5-7-14;/h8-9,12,14,22-23H,2-7,10-11H2,1H3,(H,25,26);1H. The van der Waals surface area contributed by atoms with E-state index in [-0.39, 0.29) is 37.0 Å². The number of pyridine rings is 1. The van der Waals surface area contributed by atoms with Crippen molar-refractivity contribution in [2.45, 2.75) is 58.2 Å². The van der Waals surface area contributed by atoms with Gasteiger partial charge in [0.2, 0.25) is 0 Å². The monoisotopic (exact) mass is 411 g/mol. The molecule has 1 heterocycles. The maximum atomic E-state index is 14.7. The van der Waals surface area contributed by atoms with Crippen LogP contribution in [0.15, 0.2) is 23.1 Å². The van der Waals surface area contributed by atoms with Crippen LogP contribution in [-0.4, -0.2) is 28.2 Å². The second kappa shape index (κ2) is 9.89. The largest absolute Gasteiger partial charge is 0.480 e. The third-order valence-corrected chi connectivity index (χ3v) is 5.14. The predicted octanol–water partition coefficient (Wildman–Crippen LogP) is 3.50. The Morgan fingerprint density at radius 2 is 2.00 bits per heavy atom. The number of carboxylic acid groups (broad SMARTS) is 1. The third-order valence-electron chi connectivity index (χ3n) is 5.14. The van der Waals surface area contributed by atoms with Crippen LogP contribution in [0.5, 0.6) is 0 Å². The molecule has 8 heteroatoms. The molecular weight excluding hydrogens is 385 g/mol. The number of nitrogens with one attached hydrogen (secondary N) is 2. The van der Waals surface area contributed by atoms with Gasteiger partial charge in [-0.1, -0.05) is 19.3 Å². The number of nitrogens with zero attached hydrogens (tertiary/aromatic N) is 1. The Morgan fingerprint density at radius 3 is 2.64 bits per heavy atom. The molecule has 28 heavy (non-hydrogen) atoms. The lowest BCUT2D eigenvalue weighted by Gasteiger charge is -2.24. The van der Waals surface area contributed by atoms with Gasteiger partial charge in [0.05, 0.1) is 17.7 Å². The van der Waals surface area contributed by atoms with E-state index in [1.807, 2.05) is 11.5 Å². The van der Waals surface area contributed by atoms with Gasteiger partial charge < -0.3 is 20.3 Å². The SMILES string of the molecule is CCn1cc(CNCC(=O)O)c(=O)c2cc(F)c(NC3CCCCC3)cc21.Cl. The van der Waals surface area contributed by atoms with E-state index >= 15 is 0 Å². The highest BCUT2D eigenvalue weighted by atomic mass is 35.5. The molecule has 0 aliphatic heterocycles. The summed E-state index contributed by atoms with van der Waals surface area (Å²) >= 11 is 0. The van der Waals surface area contributed by atoms with Crippen molar-refractivity contribution in [1.82, 2.24) is 9.88 Å². The minimum atomic E-state index is -0.990. The summed E-state index contributed by atoms with van der Waals surface area (Å²) in [4.78, 5) is 23.4. The molecule has 3 rings (SSSR count). The molecule has 0 bridgehead atoms. The highest BCUT2D eigenvalue weighted by Crippen LogP contribution is 2.26. The number of aliphatic carboxylic acids is 1. The molecule has 154 valence electrons. The van der Waals surface area contributed by atoms with Crippen molar-refractivity contribution in [3.8, 4) is 0 Å². The molecule has 0 amide bonds. The molecule has 1 aromatic carbocycles. The molecule has 1 aliphatic carbocycles. The molecule has 1 aliphatic rings. The zero-order valence-corrected chi connectivity index (χ0v) is 16.8. The van der Waals surface area contributed by atoms with Crippen LogP contribution in [0.4, 0.5) is 10.1 Å². The zero-order valence-electron chi connectivity index (χ0n) is 16.0. The van der Waals surface area contributed by atoms with E-state index < -0.39 is 11.8 Å². The average molecular weight is 412 g/mol. The average Bonchev–Trinajstić information content (AvgIpc) is 2.65. The lowest BCUT2D eigenvalue weighted by molar-refractivity contribution is -0.136. The molecule has 1 fully saturated rings. The van der Waals surface area contributed by atoms with E-state index in [0.29, 0.717) is 28.7 Å². The van der Waals surface area contributed by atoms with Crippen molar-refractivity contribution < 1.29 is 14.3 Å². The first-order chi connectivity index (χ1) is 13.0. The summed E-state index contributed by atoms with van der Waals surface area (Å²) in [7, 11) is 0. The Labute approximate surface area is 169 Å². The van der Waals surface area contributed by atoms with Gasteiger partial charge in [0.25, 0.3) is 0 Å². The highest BCUT2D eigenvalue weighted by Gasteiger charge is 2.17. The van der Waals surface area contributed by atoms with Gasteiger partial charge in [-0.3, -0.25) is 9.59 Å². The zero-order chi connectivity index (χ0) is 19.4. The van der Waals surface area contributed by atoms with Gasteiger partial charge in [0, 0.05) is 36.3 Å². The Balaban J connectivity index is 0.00000280. The predicted molar refractivity (Wildman–Crippen MR) is 111 cm³/mol. The molecule has 0 saturated heterocycles. The van der Waals surface area contributed by atoms with Crippen molar-refractivity contribution in [3.05, 3.63) is 39.9 Å². The summed E-state index contributed by atoms with van der Waals surface area (Å²) in [5.74, 6) is -1.42. The summed E-state index contributed by atoms with van der Waals surface area (Å²) in [5.41, 5.74) is 1.28. The first kappa shape index (κ1) is 22.2. The number of hydrogen-bond donors (Lipinski definition) is 3. The number of carboxylic acids is 1. The van der Waals surface area contributed by atoms with Gasteiger partial charge >= 0.3 is 5.97 Å². The molecule has 1 aromatic heterocycles. The van der Waals surface area contributed by atoms with Gasteiger partial charge in [0.15, 0.2) is 5.43 Å². The second-order valence-electron chi connectivity index (χ2n) is 7.10. The van der Waals surface area contributed by atoms with Crippen LogP contribution in [0.1, 0.15) is 44.6 Å². The maximum Gasteiger partial charge on any atom is 0.317 e. The van der Waals surface area contributed by atoms with Crippen molar-refractivity contribution in [1.29, 1.82) is 0 Å². The quantitative estimate of drug-likeness (QED) is 0.649. The highest BCUT2D eigenvalue weighted by molar-refractivity contribution is 5.85. The molecule has 2 aromatic rings. The molecular formula is C20H27ClFN3O3. The Morgan fingerprint density at radius 1 is 1.29 bits per heavy atom. The van der Waals surface area contributed by atoms with Crippen LogP contribution in [0.25, 0.3) is 10.9 Å². The smallest absolute Gasteiger partial charge is 0.317 e. The minimum absolute atomic E-state index is 0. The van der Waals surface area contributed by atoms with Gasteiger partial charge in [-0.2, -0.15) is 0 Å². The number of rotatable bonds is 7. The number of benzene rings is 1. The molecule has 0 spiro atoms. The van der Waals surface area contributed by atoms with Crippen molar-refractivity contribution in [2.24, 2.45) is 0 Å². The summed E-state index contributed by atoms with van der Waals surface area (Å²) < 4.78 is 16.6. The number of carbonyl (C=O) groups is 1. The molecule has 3 N–H and O–H groups in total. The van der Waals surface area contributed by atoms with Gasteiger partial charge in [-0.25, -0.2) is 4.39 Å². The van der Waals surface area contributed by atoms with Crippen molar-refractivity contribution in [3.63, 3.8) is 0 Å². The van der Waals surface area contributed by atoms with Crippen molar-refractivity contribution in [2.75, 3.05) is 11.9 Å². The van der Waals surface area contributed by atoms with E-state index in [4.69, 9.17) is 5.11 Å². The lowest BCUT2D eigenvalue weighted by Crippen LogP contribution is -2.26. The van der Waals surface area contributed by atoms with E-state index in [0.717, 1.165) is 25.7 Å². The minimum Gasteiger partial charge on any atom is -0.480 e. The van der Waals surface area contributed by atoms with Gasteiger partial charge in [-0.05, 0) is 31.9 Å². The van der Waals surface area contributed by atoms with Crippen LogP contribution in [0.3, 0.4) is 0 Å². The van der Waals surface area contributed by atoms with Crippen molar-refractivity contribution >= 4 is 35.0 Å². The van der Waals surface area contributed by atoms with Gasteiger partial charge in [-0.15, -0.1) is 12.4 Å². The summed E-state index contributed by atoms with van der Waals surface area (Å²) in [5, 5.41) is 15.1. The maximum absolute atomic E-state index is 14.7. The Hall–Kier alpha value is -2.12. The fourth-order valence-electron chi connectivity index (χ4n) is 3.74. The van der Waals surface area contributed by atoms with Crippen LogP contribution in [0, 0.1) is 5.82 Å². The van der Waals surface area contributed by atoms with E-state index in [2.05, 4.69) is 10.6 Å². The number of anilines is 1. The molecule has 0 radical (unpaired) electrons. The van der Waals surface area contributed by atoms with Gasteiger partial charge in [0.1, 0.15) is 5.82 Å². The molecule has 0 atom stereocenters. The number of halogens is 2. The number of hydrogen-bond acceptors (Lipinski definition) is 4. The fraction of sp³-hybridized carbons (Fsp3) is 0.500. The second-order valence-corrected chi connectivity index (χ2v) is 7.10. The number of aromatic nitrogens is 1. The molecule has 1 saturated carbocycles. The summed E-state index contributed by atoms with van der Waals surface area (Å²) in [6.07, 6.45) is 7.32. The lowest BCUT2D eigenvalue weighted by atomic mass is 9.95. The Bertz CT molecular complexity index is 894. The topological polar surface area (TPSA) is 83.4 Å². The Kier molecular flexibility index (Phi) is 7.83. The van der Waals surface area contributed by atoms with Crippen LogP contribution in [0.2, 0.25) is 0 Å². The first-order valence-corrected chi connectivity index (χ1v) is 9.54. The summed E-state index contributed by atoms with van der Waals surface area (Å²) in [6.45, 7) is 2.47. The molecule has 0 unspecified atom stereocenters. The molecule has 6 nitrogen and oxygen atoms in total.